The largest absolute Gasteiger partial charge is 0.384 e. The average molecular weight is 294 g/mol. The van der Waals surface area contributed by atoms with Crippen LogP contribution >= 0.6 is 11.3 Å². The van der Waals surface area contributed by atoms with Crippen LogP contribution in [0.25, 0.3) is 0 Å². The Bertz CT molecular complexity index is 406. The molecule has 1 atom stereocenters. The molecule has 0 spiro atoms. The van der Waals surface area contributed by atoms with Crippen molar-refractivity contribution in [3.8, 4) is 0 Å². The van der Waals surface area contributed by atoms with E-state index in [9.17, 15) is 5.11 Å². The van der Waals surface area contributed by atoms with Crippen molar-refractivity contribution in [2.75, 3.05) is 26.2 Å². The molecule has 1 aromatic heterocycles. The zero-order valence-corrected chi connectivity index (χ0v) is 13.2. The fourth-order valence-electron chi connectivity index (χ4n) is 3.00. The molecule has 0 bridgehead atoms. The van der Waals surface area contributed by atoms with Gasteiger partial charge < -0.3 is 15.3 Å². The fourth-order valence-corrected chi connectivity index (χ4v) is 3.78. The number of thiophene rings is 1. The van der Waals surface area contributed by atoms with Crippen LogP contribution in [0.3, 0.4) is 0 Å². The van der Waals surface area contributed by atoms with E-state index in [1.54, 1.807) is 11.3 Å². The predicted octanol–water partition coefficient (Wildman–Crippen LogP) is 2.42. The van der Waals surface area contributed by atoms with Gasteiger partial charge in [0.15, 0.2) is 0 Å². The zero-order valence-electron chi connectivity index (χ0n) is 12.3. The van der Waals surface area contributed by atoms with Gasteiger partial charge in [0.05, 0.1) is 5.60 Å². The Labute approximate surface area is 126 Å². The number of nitrogens with one attached hydrogen (secondary N) is 1. The third-order valence-corrected chi connectivity index (χ3v) is 5.36. The van der Waals surface area contributed by atoms with Crippen molar-refractivity contribution < 1.29 is 5.11 Å². The second-order valence-corrected chi connectivity index (χ2v) is 7.47. The van der Waals surface area contributed by atoms with Crippen LogP contribution in [-0.4, -0.2) is 42.2 Å². The summed E-state index contributed by atoms with van der Waals surface area (Å²) in [5.74, 6) is 0.999. The summed E-state index contributed by atoms with van der Waals surface area (Å²) in [6, 6.07) is 2.58. The molecule has 0 aromatic carbocycles. The van der Waals surface area contributed by atoms with E-state index in [1.807, 2.05) is 23.8 Å². The van der Waals surface area contributed by atoms with E-state index in [0.29, 0.717) is 12.6 Å². The molecule has 2 heterocycles. The zero-order chi connectivity index (χ0) is 14.0. The second kappa shape index (κ2) is 6.14. The molecule has 1 aromatic rings. The quantitative estimate of drug-likeness (QED) is 0.846. The van der Waals surface area contributed by atoms with E-state index in [1.165, 1.54) is 45.3 Å². The average Bonchev–Trinajstić information content (AvgIpc) is 3.07. The third-order valence-electron chi connectivity index (χ3n) is 4.68. The number of aliphatic hydroxyl groups is 1. The van der Waals surface area contributed by atoms with Gasteiger partial charge in [0, 0.05) is 19.1 Å². The van der Waals surface area contributed by atoms with Crippen molar-refractivity contribution in [1.29, 1.82) is 0 Å². The van der Waals surface area contributed by atoms with Gasteiger partial charge in [-0.2, -0.15) is 11.3 Å². The van der Waals surface area contributed by atoms with Crippen LogP contribution in [0.1, 0.15) is 38.2 Å². The number of likely N-dealkylation sites (tertiary alicyclic amines) is 1. The summed E-state index contributed by atoms with van der Waals surface area (Å²) in [6.45, 7) is 6.31. The minimum absolute atomic E-state index is 0.565. The lowest BCUT2D eigenvalue weighted by Gasteiger charge is -2.34. The summed E-state index contributed by atoms with van der Waals surface area (Å²) in [4.78, 5) is 2.62. The fraction of sp³-hybridized carbons (Fsp3) is 0.750. The van der Waals surface area contributed by atoms with Gasteiger partial charge in [-0.15, -0.1) is 0 Å². The first kappa shape index (κ1) is 14.5. The van der Waals surface area contributed by atoms with E-state index in [0.717, 1.165) is 11.5 Å². The summed E-state index contributed by atoms with van der Waals surface area (Å²) < 4.78 is 0. The van der Waals surface area contributed by atoms with Crippen molar-refractivity contribution in [1.82, 2.24) is 10.2 Å². The minimum Gasteiger partial charge on any atom is -0.384 e. The molecule has 1 unspecified atom stereocenters. The summed E-state index contributed by atoms with van der Waals surface area (Å²) in [7, 11) is 0. The summed E-state index contributed by atoms with van der Waals surface area (Å²) in [6.07, 6.45) is 5.32. The smallest absolute Gasteiger partial charge is 0.1000 e. The molecule has 1 aliphatic carbocycles. The molecule has 1 saturated heterocycles. The van der Waals surface area contributed by atoms with E-state index in [2.05, 4.69) is 10.2 Å². The third kappa shape index (κ3) is 3.82. The highest BCUT2D eigenvalue weighted by molar-refractivity contribution is 7.08. The van der Waals surface area contributed by atoms with Gasteiger partial charge >= 0.3 is 0 Å². The highest BCUT2D eigenvalue weighted by Crippen LogP contribution is 2.30. The number of piperidine rings is 1. The lowest BCUT2D eigenvalue weighted by Crippen LogP contribution is -2.46. The molecule has 1 saturated carbocycles. The molecule has 1 aliphatic heterocycles. The topological polar surface area (TPSA) is 35.5 Å². The van der Waals surface area contributed by atoms with E-state index in [-0.39, 0.29) is 0 Å². The monoisotopic (exact) mass is 294 g/mol. The molecule has 3 nitrogen and oxygen atoms in total. The lowest BCUT2D eigenvalue weighted by molar-refractivity contribution is 0.0504. The van der Waals surface area contributed by atoms with E-state index >= 15 is 0 Å². The van der Waals surface area contributed by atoms with Crippen molar-refractivity contribution in [2.45, 2.75) is 44.2 Å². The van der Waals surface area contributed by atoms with Crippen molar-refractivity contribution in [2.24, 2.45) is 5.92 Å². The van der Waals surface area contributed by atoms with Gasteiger partial charge in [0.2, 0.25) is 0 Å². The summed E-state index contributed by atoms with van der Waals surface area (Å²) in [5, 5.41) is 18.2. The van der Waals surface area contributed by atoms with Crippen LogP contribution in [0.5, 0.6) is 0 Å². The number of rotatable bonds is 6. The van der Waals surface area contributed by atoms with Gasteiger partial charge in [0.25, 0.3) is 0 Å². The van der Waals surface area contributed by atoms with Crippen LogP contribution in [0.4, 0.5) is 0 Å². The van der Waals surface area contributed by atoms with Crippen molar-refractivity contribution >= 4 is 11.3 Å². The van der Waals surface area contributed by atoms with Gasteiger partial charge in [-0.05, 0) is 74.0 Å². The Morgan fingerprint density at radius 2 is 2.10 bits per heavy atom. The molecule has 2 aliphatic rings. The van der Waals surface area contributed by atoms with Crippen LogP contribution in [-0.2, 0) is 5.60 Å². The Kier molecular flexibility index (Phi) is 4.46. The first-order valence-electron chi connectivity index (χ1n) is 7.84. The maximum absolute atomic E-state index is 10.5. The van der Waals surface area contributed by atoms with Crippen LogP contribution in [0.2, 0.25) is 0 Å². The maximum atomic E-state index is 10.5. The molecule has 20 heavy (non-hydrogen) atoms. The molecule has 2 N–H and O–H groups in total. The Morgan fingerprint density at radius 1 is 1.35 bits per heavy atom. The maximum Gasteiger partial charge on any atom is 0.1000 e. The number of hydrogen-bond donors (Lipinski definition) is 2. The molecule has 0 amide bonds. The molecule has 0 radical (unpaired) electrons. The predicted molar refractivity (Wildman–Crippen MR) is 84.1 cm³/mol. The van der Waals surface area contributed by atoms with Gasteiger partial charge in [-0.25, -0.2) is 0 Å². The summed E-state index contributed by atoms with van der Waals surface area (Å²) >= 11 is 1.65. The van der Waals surface area contributed by atoms with E-state index in [4.69, 9.17) is 0 Å². The van der Waals surface area contributed by atoms with Crippen LogP contribution < -0.4 is 5.32 Å². The summed E-state index contributed by atoms with van der Waals surface area (Å²) in [5.41, 5.74) is 0.284. The first-order chi connectivity index (χ1) is 9.63. The molecular formula is C16H26N2OS. The molecule has 112 valence electrons. The first-order valence-corrected chi connectivity index (χ1v) is 8.78. The highest BCUT2D eigenvalue weighted by Gasteiger charge is 2.28. The van der Waals surface area contributed by atoms with E-state index < -0.39 is 5.60 Å². The standard InChI is InChI=1S/C16H26N2OS/c1-16(19,14-6-9-20-11-14)12-17-15-4-7-18(8-5-15)10-13-2-3-13/h6,9,11,13,15,17,19H,2-5,7-8,10,12H2,1H3. The normalized spacial score (nSPS) is 24.7. The molecule has 4 heteroatoms. The van der Waals surface area contributed by atoms with Gasteiger partial charge in [-0.1, -0.05) is 0 Å². The molecule has 3 rings (SSSR count). The SMILES string of the molecule is CC(O)(CNC1CCN(CC2CC2)CC1)c1ccsc1. The Hall–Kier alpha value is -0.420. The van der Waals surface area contributed by atoms with Crippen LogP contribution in [0.15, 0.2) is 16.8 Å². The molecular weight excluding hydrogens is 268 g/mol. The second-order valence-electron chi connectivity index (χ2n) is 6.69. The lowest BCUT2D eigenvalue weighted by atomic mass is 9.97. The van der Waals surface area contributed by atoms with Gasteiger partial charge in [0.1, 0.15) is 0 Å². The highest BCUT2D eigenvalue weighted by atomic mass is 32.1. The van der Waals surface area contributed by atoms with Crippen molar-refractivity contribution in [3.05, 3.63) is 22.4 Å². The number of hydrogen-bond acceptors (Lipinski definition) is 4. The Balaban J connectivity index is 1.41. The minimum atomic E-state index is -0.745. The van der Waals surface area contributed by atoms with Crippen molar-refractivity contribution in [3.63, 3.8) is 0 Å². The Morgan fingerprint density at radius 3 is 2.70 bits per heavy atom. The molecule has 2 fully saturated rings. The van der Waals surface area contributed by atoms with Crippen LogP contribution in [0, 0.1) is 5.92 Å². The van der Waals surface area contributed by atoms with Gasteiger partial charge in [-0.3, -0.25) is 0 Å². The number of nitrogens with zero attached hydrogens (tertiary/aromatic N) is 1.